The van der Waals surface area contributed by atoms with Crippen molar-refractivity contribution < 1.29 is 9.22 Å². The lowest BCUT2D eigenvalue weighted by Crippen LogP contribution is -2.58. The van der Waals surface area contributed by atoms with Crippen molar-refractivity contribution in [2.24, 2.45) is 0 Å². The molecule has 0 N–H and O–H groups in total. The molecule has 2 heteroatoms. The van der Waals surface area contributed by atoms with Crippen molar-refractivity contribution in [2.75, 3.05) is 26.2 Å². The maximum absolute atomic E-state index is 5.82. The van der Waals surface area contributed by atoms with Crippen molar-refractivity contribution in [2.45, 2.75) is 71.9 Å². The van der Waals surface area contributed by atoms with Crippen LogP contribution in [0.2, 0.25) is 0 Å². The minimum absolute atomic E-state index is 0.152. The molecule has 0 bridgehead atoms. The molecule has 17 heavy (non-hydrogen) atoms. The molecule has 0 aromatic carbocycles. The first-order valence-corrected chi connectivity index (χ1v) is 7.64. The SMILES string of the molecule is CCCC[N+](CCCC)(CCCC)C1(C)CO1. The number of rotatable bonds is 10. The van der Waals surface area contributed by atoms with Gasteiger partial charge in [0, 0.05) is 6.92 Å². The molecule has 0 amide bonds. The molecular formula is C15H32NO+. The Morgan fingerprint density at radius 2 is 1.24 bits per heavy atom. The Balaban J connectivity index is 2.68. The molecule has 0 aromatic rings. The van der Waals surface area contributed by atoms with Gasteiger partial charge in [-0.25, -0.2) is 0 Å². The number of epoxide rings is 1. The molecule has 1 aliphatic rings. The van der Waals surface area contributed by atoms with Crippen LogP contribution in [0.25, 0.3) is 0 Å². The first kappa shape index (κ1) is 15.0. The van der Waals surface area contributed by atoms with Crippen LogP contribution in [0.1, 0.15) is 66.2 Å². The van der Waals surface area contributed by atoms with Crippen LogP contribution in [0.3, 0.4) is 0 Å². The van der Waals surface area contributed by atoms with Crippen molar-refractivity contribution >= 4 is 0 Å². The Morgan fingerprint density at radius 1 is 0.882 bits per heavy atom. The van der Waals surface area contributed by atoms with Gasteiger partial charge in [0.15, 0.2) is 0 Å². The lowest BCUT2D eigenvalue weighted by atomic mass is 10.1. The summed E-state index contributed by atoms with van der Waals surface area (Å²) in [5, 5.41) is 0. The minimum atomic E-state index is 0.152. The van der Waals surface area contributed by atoms with Gasteiger partial charge in [-0.15, -0.1) is 0 Å². The van der Waals surface area contributed by atoms with E-state index in [0.29, 0.717) is 0 Å². The number of unbranched alkanes of at least 4 members (excludes halogenated alkanes) is 3. The van der Waals surface area contributed by atoms with Crippen LogP contribution in [0.4, 0.5) is 0 Å². The predicted molar refractivity (Wildman–Crippen MR) is 73.9 cm³/mol. The monoisotopic (exact) mass is 242 g/mol. The van der Waals surface area contributed by atoms with Crippen molar-refractivity contribution in [1.29, 1.82) is 0 Å². The summed E-state index contributed by atoms with van der Waals surface area (Å²) in [5.41, 5.74) is 0.152. The van der Waals surface area contributed by atoms with Gasteiger partial charge in [-0.2, -0.15) is 0 Å². The molecule has 1 atom stereocenters. The summed E-state index contributed by atoms with van der Waals surface area (Å²) in [5.74, 6) is 0. The second kappa shape index (κ2) is 6.75. The molecule has 1 rings (SSSR count). The van der Waals surface area contributed by atoms with Gasteiger partial charge in [0.2, 0.25) is 5.72 Å². The van der Waals surface area contributed by atoms with Gasteiger partial charge in [-0.1, -0.05) is 40.0 Å². The van der Waals surface area contributed by atoms with E-state index in [1.807, 2.05) is 0 Å². The summed E-state index contributed by atoms with van der Waals surface area (Å²) in [6, 6.07) is 0. The smallest absolute Gasteiger partial charge is 0.224 e. The van der Waals surface area contributed by atoms with E-state index in [2.05, 4.69) is 27.7 Å². The van der Waals surface area contributed by atoms with Crippen molar-refractivity contribution in [3.63, 3.8) is 0 Å². The zero-order valence-corrected chi connectivity index (χ0v) is 12.4. The molecule has 1 fully saturated rings. The third-order valence-electron chi connectivity index (χ3n) is 4.38. The first-order valence-electron chi connectivity index (χ1n) is 7.64. The van der Waals surface area contributed by atoms with E-state index in [0.717, 1.165) is 6.61 Å². The molecule has 0 aromatic heterocycles. The lowest BCUT2D eigenvalue weighted by Gasteiger charge is -2.42. The van der Waals surface area contributed by atoms with Crippen molar-refractivity contribution in [3.05, 3.63) is 0 Å². The highest BCUT2D eigenvalue weighted by molar-refractivity contribution is 4.78. The van der Waals surface area contributed by atoms with E-state index in [-0.39, 0.29) is 5.72 Å². The van der Waals surface area contributed by atoms with Crippen molar-refractivity contribution in [1.82, 2.24) is 0 Å². The standard InChI is InChI=1S/C15H32NO/c1-5-8-11-16(12-9-6-2,13-10-7-3)15(4)14-17-15/h5-14H2,1-4H3/q+1. The summed E-state index contributed by atoms with van der Waals surface area (Å²) < 4.78 is 7.05. The minimum Gasteiger partial charge on any atom is -0.316 e. The van der Waals surface area contributed by atoms with Crippen molar-refractivity contribution in [3.8, 4) is 0 Å². The normalized spacial score (nSPS) is 24.0. The number of hydrogen-bond acceptors (Lipinski definition) is 1. The Morgan fingerprint density at radius 3 is 1.47 bits per heavy atom. The summed E-state index contributed by atoms with van der Waals surface area (Å²) in [7, 11) is 0. The Bertz CT molecular complexity index is 189. The van der Waals surface area contributed by atoms with Crippen LogP contribution in [-0.2, 0) is 4.74 Å². The average Bonchev–Trinajstić information content (AvgIpc) is 3.08. The molecule has 1 heterocycles. The van der Waals surface area contributed by atoms with Gasteiger partial charge >= 0.3 is 0 Å². The average molecular weight is 242 g/mol. The molecule has 0 radical (unpaired) electrons. The first-order chi connectivity index (χ1) is 8.14. The zero-order chi connectivity index (χ0) is 12.8. The van der Waals surface area contributed by atoms with Gasteiger partial charge in [-0.05, 0) is 19.3 Å². The van der Waals surface area contributed by atoms with Crippen LogP contribution in [0.5, 0.6) is 0 Å². The fraction of sp³-hybridized carbons (Fsp3) is 1.00. The third kappa shape index (κ3) is 3.69. The zero-order valence-electron chi connectivity index (χ0n) is 12.4. The van der Waals surface area contributed by atoms with Crippen LogP contribution >= 0.6 is 0 Å². The highest BCUT2D eigenvalue weighted by Crippen LogP contribution is 2.39. The lowest BCUT2D eigenvalue weighted by molar-refractivity contribution is -0.970. The fourth-order valence-corrected chi connectivity index (χ4v) is 2.81. The molecule has 0 saturated carbocycles. The highest BCUT2D eigenvalue weighted by Gasteiger charge is 2.57. The molecule has 0 aliphatic carbocycles. The molecule has 1 aliphatic heterocycles. The predicted octanol–water partition coefficient (Wildman–Crippen LogP) is 3.95. The van der Waals surface area contributed by atoms with E-state index in [1.54, 1.807) is 0 Å². The van der Waals surface area contributed by atoms with E-state index in [1.165, 1.54) is 62.6 Å². The van der Waals surface area contributed by atoms with Gasteiger partial charge in [0.1, 0.15) is 6.61 Å². The quantitative estimate of drug-likeness (QED) is 0.417. The fourth-order valence-electron chi connectivity index (χ4n) is 2.81. The maximum Gasteiger partial charge on any atom is 0.224 e. The number of quaternary nitrogens is 1. The van der Waals surface area contributed by atoms with Gasteiger partial charge < -0.3 is 4.74 Å². The second-order valence-corrected chi connectivity index (χ2v) is 5.84. The molecule has 1 saturated heterocycles. The number of nitrogens with zero attached hydrogens (tertiary/aromatic N) is 1. The Labute approximate surface area is 108 Å². The van der Waals surface area contributed by atoms with E-state index in [4.69, 9.17) is 4.74 Å². The van der Waals surface area contributed by atoms with E-state index >= 15 is 0 Å². The summed E-state index contributed by atoms with van der Waals surface area (Å²) in [6.45, 7) is 14.1. The second-order valence-electron chi connectivity index (χ2n) is 5.84. The number of hydrogen-bond donors (Lipinski definition) is 0. The molecular weight excluding hydrogens is 210 g/mol. The van der Waals surface area contributed by atoms with Gasteiger partial charge in [0.05, 0.1) is 19.6 Å². The Kier molecular flexibility index (Phi) is 5.94. The summed E-state index contributed by atoms with van der Waals surface area (Å²) >= 11 is 0. The molecule has 2 nitrogen and oxygen atoms in total. The summed E-state index contributed by atoms with van der Waals surface area (Å²) in [4.78, 5) is 0. The van der Waals surface area contributed by atoms with Gasteiger partial charge in [-0.3, -0.25) is 4.48 Å². The summed E-state index contributed by atoms with van der Waals surface area (Å²) in [6.07, 6.45) is 7.92. The maximum atomic E-state index is 5.82. The van der Waals surface area contributed by atoms with Gasteiger partial charge in [0.25, 0.3) is 0 Å². The number of ether oxygens (including phenoxy) is 1. The van der Waals surface area contributed by atoms with Crippen LogP contribution in [-0.4, -0.2) is 36.4 Å². The van der Waals surface area contributed by atoms with Crippen LogP contribution in [0.15, 0.2) is 0 Å². The largest absolute Gasteiger partial charge is 0.316 e. The van der Waals surface area contributed by atoms with E-state index in [9.17, 15) is 0 Å². The molecule has 0 spiro atoms. The van der Waals surface area contributed by atoms with Crippen LogP contribution in [0, 0.1) is 0 Å². The van der Waals surface area contributed by atoms with E-state index < -0.39 is 0 Å². The molecule has 1 unspecified atom stereocenters. The highest BCUT2D eigenvalue weighted by atomic mass is 16.6. The van der Waals surface area contributed by atoms with Crippen LogP contribution < -0.4 is 0 Å². The third-order valence-corrected chi connectivity index (χ3v) is 4.38. The topological polar surface area (TPSA) is 12.5 Å². The molecule has 102 valence electrons. The Hall–Kier alpha value is -0.0800.